The number of rotatable bonds is 2. The van der Waals surface area contributed by atoms with Crippen molar-refractivity contribution in [2.45, 2.75) is 32.7 Å². The van der Waals surface area contributed by atoms with Crippen molar-refractivity contribution in [3.63, 3.8) is 0 Å². The maximum absolute atomic E-state index is 9.48. The van der Waals surface area contributed by atoms with Crippen LogP contribution in [0.15, 0.2) is 36.4 Å². The summed E-state index contributed by atoms with van der Waals surface area (Å²) in [6.45, 7) is 8.39. The largest absolute Gasteiger partial charge is 0.389 e. The zero-order chi connectivity index (χ0) is 12.9. The summed E-state index contributed by atoms with van der Waals surface area (Å²) in [5.41, 5.74) is 5.32. The van der Waals surface area contributed by atoms with Gasteiger partial charge < -0.3 is 5.11 Å². The topological polar surface area (TPSA) is 20.2 Å². The van der Waals surface area contributed by atoms with Crippen LogP contribution in [-0.4, -0.2) is 19.3 Å². The van der Waals surface area contributed by atoms with Crippen LogP contribution in [0.4, 0.5) is 0 Å². The normalized spacial score (nSPS) is 13.8. The van der Waals surface area contributed by atoms with Crippen molar-refractivity contribution in [1.29, 1.82) is 0 Å². The molecule has 0 amide bonds. The first-order valence-electron chi connectivity index (χ1n) is 5.87. The molecule has 0 aliphatic carbocycles. The van der Waals surface area contributed by atoms with Crippen LogP contribution in [0.3, 0.4) is 0 Å². The summed E-state index contributed by atoms with van der Waals surface area (Å²) in [6, 6.07) is 10.00. The summed E-state index contributed by atoms with van der Waals surface area (Å²) in [5, 5.41) is 9.48. The monoisotopic (exact) mass is 244 g/mol. The van der Waals surface area contributed by atoms with Crippen molar-refractivity contribution in [2.75, 3.05) is 0 Å². The number of aliphatic hydroxyl groups excluding tert-OH is 1. The van der Waals surface area contributed by atoms with E-state index in [1.165, 1.54) is 0 Å². The predicted octanol–water partition coefficient (Wildman–Crippen LogP) is 3.33. The van der Waals surface area contributed by atoms with Gasteiger partial charge in [-0.15, -0.1) is 5.54 Å². The number of allylic oxidation sites excluding steroid dienone is 1. The second-order valence-electron chi connectivity index (χ2n) is 5.19. The van der Waals surface area contributed by atoms with Gasteiger partial charge in [0.1, 0.15) is 8.07 Å². The molecule has 0 aromatic heterocycles. The molecule has 0 heterocycles. The minimum atomic E-state index is -1.39. The van der Waals surface area contributed by atoms with E-state index in [0.29, 0.717) is 0 Å². The Morgan fingerprint density at radius 3 is 2.29 bits per heavy atom. The molecule has 1 unspecified atom stereocenters. The maximum Gasteiger partial charge on any atom is 0.129 e. The first-order valence-corrected chi connectivity index (χ1v) is 9.37. The summed E-state index contributed by atoms with van der Waals surface area (Å²) in [7, 11) is -1.39. The van der Waals surface area contributed by atoms with Crippen molar-refractivity contribution in [2.24, 2.45) is 0 Å². The highest BCUT2D eigenvalue weighted by atomic mass is 28.3. The molecule has 1 N–H and O–H groups in total. The average Bonchev–Trinajstić information content (AvgIpc) is 2.24. The van der Waals surface area contributed by atoms with Crippen LogP contribution >= 0.6 is 0 Å². The molecule has 0 aliphatic rings. The van der Waals surface area contributed by atoms with E-state index >= 15 is 0 Å². The van der Waals surface area contributed by atoms with E-state index in [0.717, 1.165) is 11.1 Å². The summed E-state index contributed by atoms with van der Waals surface area (Å²) in [6.07, 6.45) is 1.34. The second kappa shape index (κ2) is 5.86. The van der Waals surface area contributed by atoms with Crippen LogP contribution in [-0.2, 0) is 0 Å². The van der Waals surface area contributed by atoms with E-state index in [2.05, 4.69) is 31.1 Å². The average molecular weight is 244 g/mol. The molecule has 17 heavy (non-hydrogen) atoms. The van der Waals surface area contributed by atoms with Crippen LogP contribution in [0.5, 0.6) is 0 Å². The number of hydrogen-bond donors (Lipinski definition) is 1. The van der Waals surface area contributed by atoms with Crippen molar-refractivity contribution in [3.05, 3.63) is 42.0 Å². The Labute approximate surface area is 105 Å². The molecule has 0 fully saturated rings. The molecule has 0 bridgehead atoms. The van der Waals surface area contributed by atoms with Crippen molar-refractivity contribution < 1.29 is 5.11 Å². The van der Waals surface area contributed by atoms with Crippen molar-refractivity contribution in [1.82, 2.24) is 0 Å². The molecule has 0 spiro atoms. The number of hydrogen-bond acceptors (Lipinski definition) is 1. The first-order chi connectivity index (χ1) is 7.88. The van der Waals surface area contributed by atoms with Gasteiger partial charge in [0.25, 0.3) is 0 Å². The third-order valence-electron chi connectivity index (χ3n) is 2.06. The Morgan fingerprint density at radius 1 is 1.24 bits per heavy atom. The van der Waals surface area contributed by atoms with Gasteiger partial charge in [-0.1, -0.05) is 55.9 Å². The molecule has 2 heteroatoms. The van der Waals surface area contributed by atoms with Gasteiger partial charge in [-0.25, -0.2) is 0 Å². The Morgan fingerprint density at radius 2 is 1.82 bits per heavy atom. The van der Waals surface area contributed by atoms with Crippen LogP contribution in [0.2, 0.25) is 19.6 Å². The van der Waals surface area contributed by atoms with Gasteiger partial charge >= 0.3 is 0 Å². The van der Waals surface area contributed by atoms with Gasteiger partial charge in [0.05, 0.1) is 6.10 Å². The molecule has 0 aliphatic heterocycles. The van der Waals surface area contributed by atoms with Crippen molar-refractivity contribution >= 4 is 13.6 Å². The Hall–Kier alpha value is -1.30. The molecule has 1 nitrogen and oxygen atoms in total. The summed E-state index contributed by atoms with van der Waals surface area (Å²) < 4.78 is 0. The highest BCUT2D eigenvalue weighted by Gasteiger charge is 2.08. The quantitative estimate of drug-likeness (QED) is 0.625. The fourth-order valence-electron chi connectivity index (χ4n) is 1.32. The van der Waals surface area contributed by atoms with E-state index < -0.39 is 14.2 Å². The van der Waals surface area contributed by atoms with Gasteiger partial charge in [-0.2, -0.15) is 0 Å². The van der Waals surface area contributed by atoms with E-state index in [9.17, 15) is 5.11 Å². The van der Waals surface area contributed by atoms with E-state index in [4.69, 9.17) is 0 Å². The second-order valence-corrected chi connectivity index (χ2v) is 9.94. The Bertz CT molecular complexity index is 441. The lowest BCUT2D eigenvalue weighted by atomic mass is 10.1. The van der Waals surface area contributed by atoms with Crippen molar-refractivity contribution in [3.8, 4) is 11.5 Å². The van der Waals surface area contributed by atoms with Crippen LogP contribution < -0.4 is 0 Å². The third-order valence-corrected chi connectivity index (χ3v) is 2.94. The number of aliphatic hydroxyl groups is 1. The fraction of sp³-hybridized carbons (Fsp3) is 0.333. The molecule has 1 rings (SSSR count). The molecule has 0 saturated heterocycles. The van der Waals surface area contributed by atoms with E-state index in [1.807, 2.05) is 36.4 Å². The summed E-state index contributed by atoms with van der Waals surface area (Å²) in [5.74, 6) is 3.22. The molecular weight excluding hydrogens is 224 g/mol. The molecule has 0 radical (unpaired) electrons. The van der Waals surface area contributed by atoms with Crippen LogP contribution in [0.1, 0.15) is 12.5 Å². The van der Waals surface area contributed by atoms with Gasteiger partial charge in [-0.05, 0) is 18.6 Å². The third kappa shape index (κ3) is 5.53. The fourth-order valence-corrected chi connectivity index (χ4v) is 1.83. The molecule has 0 saturated carbocycles. The van der Waals surface area contributed by atoms with Crippen LogP contribution in [0.25, 0.3) is 5.57 Å². The van der Waals surface area contributed by atoms with E-state index in [1.54, 1.807) is 6.92 Å². The standard InChI is InChI=1S/C15H20OSi/c1-13(16)12-15(10-11-17(2,3)4)14-8-6-5-7-9-14/h5-9,12-13,16H,1-4H3/b15-12+. The SMILES string of the molecule is CC(O)/C=C(\C#C[Si](C)(C)C)c1ccccc1. The van der Waals surface area contributed by atoms with Gasteiger partial charge in [0.15, 0.2) is 0 Å². The highest BCUT2D eigenvalue weighted by molar-refractivity contribution is 6.84. The Balaban J connectivity index is 3.10. The van der Waals surface area contributed by atoms with E-state index in [-0.39, 0.29) is 0 Å². The first kappa shape index (κ1) is 13.8. The summed E-state index contributed by atoms with van der Waals surface area (Å²) in [4.78, 5) is 0. The van der Waals surface area contributed by atoms with Crippen LogP contribution in [0, 0.1) is 11.5 Å². The van der Waals surface area contributed by atoms with Gasteiger partial charge in [0, 0.05) is 5.57 Å². The zero-order valence-corrected chi connectivity index (χ0v) is 12.0. The summed E-state index contributed by atoms with van der Waals surface area (Å²) >= 11 is 0. The maximum atomic E-state index is 9.48. The lowest BCUT2D eigenvalue weighted by Gasteiger charge is -2.06. The van der Waals surface area contributed by atoms with Gasteiger partial charge in [0.2, 0.25) is 0 Å². The lowest BCUT2D eigenvalue weighted by molar-refractivity contribution is 0.245. The molecular formula is C15H20OSi. The molecule has 90 valence electrons. The Kier molecular flexibility index (Phi) is 4.74. The molecule has 1 atom stereocenters. The smallest absolute Gasteiger partial charge is 0.129 e. The zero-order valence-electron chi connectivity index (χ0n) is 11.0. The predicted molar refractivity (Wildman–Crippen MR) is 77.2 cm³/mol. The lowest BCUT2D eigenvalue weighted by Crippen LogP contribution is -2.16. The minimum absolute atomic E-state index is 0.471. The molecule has 1 aromatic carbocycles. The molecule has 1 aromatic rings. The minimum Gasteiger partial charge on any atom is -0.389 e. The highest BCUT2D eigenvalue weighted by Crippen LogP contribution is 2.14. The number of benzene rings is 1. The van der Waals surface area contributed by atoms with Gasteiger partial charge in [-0.3, -0.25) is 0 Å².